The number of ether oxygens (including phenoxy) is 5. The number of alkyl halides is 3. The lowest BCUT2D eigenvalue weighted by Gasteiger charge is -2.05. The first-order valence-corrected chi connectivity index (χ1v) is 20.4. The molecule has 3 aromatic carbocycles. The number of aliphatic hydroxyl groups excluding tert-OH is 1. The van der Waals surface area contributed by atoms with E-state index in [-0.39, 0.29) is 24.5 Å². The quantitative estimate of drug-likeness (QED) is 0.0335. The van der Waals surface area contributed by atoms with Gasteiger partial charge in [0.25, 0.3) is 0 Å². The van der Waals surface area contributed by atoms with Crippen LogP contribution in [0.15, 0.2) is 146 Å². The molecule has 3 aromatic heterocycles. The summed E-state index contributed by atoms with van der Waals surface area (Å²) in [6.45, 7) is 0.860. The summed E-state index contributed by atoms with van der Waals surface area (Å²) in [4.78, 5) is 41.3. The second-order valence-corrected chi connectivity index (χ2v) is 14.4. The van der Waals surface area contributed by atoms with Crippen molar-refractivity contribution >= 4 is 39.6 Å². The van der Waals surface area contributed by atoms with Crippen molar-refractivity contribution in [3.8, 4) is 11.8 Å². The Morgan fingerprint density at radius 2 is 1.05 bits per heavy atom. The molecule has 0 saturated heterocycles. The largest absolute Gasteiger partial charge is 0.523 e. The van der Waals surface area contributed by atoms with Crippen LogP contribution in [0.2, 0.25) is 5.15 Å². The lowest BCUT2D eigenvalue weighted by Crippen LogP contribution is -2.29. The zero-order valence-electron chi connectivity index (χ0n) is 35.7. The van der Waals surface area contributed by atoms with E-state index in [0.717, 1.165) is 22.6 Å². The summed E-state index contributed by atoms with van der Waals surface area (Å²) in [5.41, 5.74) is -1.00. The van der Waals surface area contributed by atoms with Crippen LogP contribution in [0.25, 0.3) is 0 Å². The molecule has 0 atom stereocenters. The SMILES string of the molecule is COC(=O)c1ccc(CO)cc1.COC(=O)c1ccc(COc2cccc[n+]2C)cc1.COC(=O)c1ccc(COc2ccccn2)cc1.COS(=O)(=O)C(F)(F)F.Clc1ccccn1. The van der Waals surface area contributed by atoms with Crippen molar-refractivity contribution in [2.24, 2.45) is 7.05 Å². The zero-order chi connectivity index (χ0) is 48.3. The number of carbonyl (C=O) groups excluding carboxylic acids is 3. The predicted octanol–water partition coefficient (Wildman–Crippen LogP) is 7.51. The monoisotopic (exact) mass is 944 g/mol. The third-order valence-electron chi connectivity index (χ3n) is 7.86. The van der Waals surface area contributed by atoms with Gasteiger partial charge in [0.1, 0.15) is 25.4 Å². The third-order valence-corrected chi connectivity index (χ3v) is 9.09. The Morgan fingerprint density at radius 3 is 1.37 bits per heavy atom. The fraction of sp³-hybridized carbons (Fsp3) is 0.200. The van der Waals surface area contributed by atoms with Crippen molar-refractivity contribution in [1.82, 2.24) is 9.97 Å². The standard InChI is InChI=1S/C15H16NO3.C14H13NO3.C9H10O3.C5H4ClN.C2H3F3O3S/c1-16-10-4-3-5-14(16)19-11-12-6-8-13(9-7-12)15(17)18-2;1-17-14(16)12-7-5-11(6-8-12)10-18-13-4-2-3-9-15-13;1-12-9(11)8-4-2-7(6-10)3-5-8;6-5-3-1-2-4-7-5;1-8-9(6,7)2(3,4)5/h3-10H,11H2,1-2H3;2-9H,10H2,1H3;2-5,10H,6H2,1H3;1-4H;1H3/q+1;;;;. The van der Waals surface area contributed by atoms with Crippen LogP contribution in [-0.2, 0) is 55.4 Å². The number of hydrogen-bond acceptors (Lipinski definition) is 14. The zero-order valence-corrected chi connectivity index (χ0v) is 37.2. The molecule has 65 heavy (non-hydrogen) atoms. The molecular weight excluding hydrogens is 899 g/mol. The Bertz CT molecular complexity index is 2430. The molecule has 0 unspecified atom stereocenters. The smallest absolute Gasteiger partial charge is 0.473 e. The van der Waals surface area contributed by atoms with Crippen LogP contribution in [0, 0.1) is 0 Å². The van der Waals surface area contributed by atoms with Crippen molar-refractivity contribution in [3.05, 3.63) is 185 Å². The van der Waals surface area contributed by atoms with Crippen LogP contribution in [-0.4, -0.2) is 75.3 Å². The van der Waals surface area contributed by atoms with Gasteiger partial charge in [-0.3, -0.25) is 4.18 Å². The Hall–Kier alpha value is -6.93. The maximum Gasteiger partial charge on any atom is 0.523 e. The number of aliphatic hydroxyl groups is 1. The molecule has 346 valence electrons. The van der Waals surface area contributed by atoms with E-state index >= 15 is 0 Å². The minimum absolute atomic E-state index is 0.0124. The summed E-state index contributed by atoms with van der Waals surface area (Å²) in [7, 11) is 1.10. The molecule has 0 saturated carbocycles. The molecule has 20 heteroatoms. The van der Waals surface area contributed by atoms with Crippen molar-refractivity contribution in [2.45, 2.75) is 25.3 Å². The first-order chi connectivity index (χ1) is 31.0. The normalized spacial score (nSPS) is 10.2. The van der Waals surface area contributed by atoms with Gasteiger partial charge in [0.2, 0.25) is 5.88 Å². The third kappa shape index (κ3) is 20.4. The highest BCUT2D eigenvalue weighted by atomic mass is 35.5. The summed E-state index contributed by atoms with van der Waals surface area (Å²) in [6.07, 6.45) is 5.26. The first kappa shape index (κ1) is 54.2. The Balaban J connectivity index is 0.000000292. The summed E-state index contributed by atoms with van der Waals surface area (Å²) < 4.78 is 82.7. The number of aryl methyl sites for hydroxylation is 1. The van der Waals surface area contributed by atoms with E-state index in [1.807, 2.05) is 84.5 Å². The van der Waals surface area contributed by atoms with Crippen molar-refractivity contribution in [1.29, 1.82) is 0 Å². The maximum absolute atomic E-state index is 11.3. The van der Waals surface area contributed by atoms with E-state index in [9.17, 15) is 36.0 Å². The van der Waals surface area contributed by atoms with Gasteiger partial charge in [0.05, 0.1) is 57.8 Å². The van der Waals surface area contributed by atoms with Crippen LogP contribution in [0.4, 0.5) is 13.2 Å². The lowest BCUT2D eigenvalue weighted by molar-refractivity contribution is -0.677. The van der Waals surface area contributed by atoms with Crippen LogP contribution < -0.4 is 14.0 Å². The van der Waals surface area contributed by atoms with Crippen molar-refractivity contribution < 1.29 is 73.5 Å². The van der Waals surface area contributed by atoms with E-state index in [2.05, 4.69) is 28.4 Å². The van der Waals surface area contributed by atoms with Gasteiger partial charge in [-0.2, -0.15) is 26.2 Å². The molecule has 3 heterocycles. The lowest BCUT2D eigenvalue weighted by atomic mass is 10.1. The molecule has 0 radical (unpaired) electrons. The molecule has 6 aromatic rings. The number of halogens is 4. The van der Waals surface area contributed by atoms with Crippen LogP contribution in [0.5, 0.6) is 11.8 Å². The summed E-state index contributed by atoms with van der Waals surface area (Å²) in [5, 5.41) is 9.25. The summed E-state index contributed by atoms with van der Waals surface area (Å²) in [5.74, 6) is 0.336. The van der Waals surface area contributed by atoms with Gasteiger partial charge < -0.3 is 28.8 Å². The number of carbonyl (C=O) groups is 3. The maximum atomic E-state index is 11.3. The number of nitrogens with zero attached hydrogens (tertiary/aromatic N) is 3. The fourth-order valence-corrected chi connectivity index (χ4v) is 4.73. The number of esters is 3. The molecule has 0 bridgehead atoms. The Morgan fingerprint density at radius 1 is 0.615 bits per heavy atom. The molecule has 6 rings (SSSR count). The Kier molecular flexibility index (Phi) is 23.9. The number of rotatable bonds is 11. The van der Waals surface area contributed by atoms with Crippen LogP contribution in [0.1, 0.15) is 47.8 Å². The van der Waals surface area contributed by atoms with Crippen LogP contribution >= 0.6 is 11.6 Å². The minimum atomic E-state index is -5.34. The van der Waals surface area contributed by atoms with Gasteiger partial charge in [0.15, 0.2) is 6.20 Å². The van der Waals surface area contributed by atoms with E-state index in [0.29, 0.717) is 48.0 Å². The Labute approximate surface area is 379 Å². The van der Waals surface area contributed by atoms with E-state index < -0.39 is 15.6 Å². The van der Waals surface area contributed by atoms with Gasteiger partial charge in [-0.1, -0.05) is 60.1 Å². The highest BCUT2D eigenvalue weighted by molar-refractivity contribution is 7.87. The molecule has 15 nitrogen and oxygen atoms in total. The summed E-state index contributed by atoms with van der Waals surface area (Å²) in [6, 6.07) is 37.5. The van der Waals surface area contributed by atoms with E-state index in [1.54, 1.807) is 73.1 Å². The molecular formula is C45H46ClF3N3O12S+. The first-order valence-electron chi connectivity index (χ1n) is 18.7. The number of pyridine rings is 3. The summed E-state index contributed by atoms with van der Waals surface area (Å²) >= 11 is 5.43. The fourth-order valence-electron chi connectivity index (χ4n) is 4.41. The average molecular weight is 945 g/mol. The topological polar surface area (TPSA) is 191 Å². The number of methoxy groups -OCH3 is 3. The molecule has 0 fully saturated rings. The predicted molar refractivity (Wildman–Crippen MR) is 231 cm³/mol. The van der Waals surface area contributed by atoms with Crippen LogP contribution in [0.3, 0.4) is 0 Å². The molecule has 0 aliphatic rings. The van der Waals surface area contributed by atoms with Crippen molar-refractivity contribution in [3.63, 3.8) is 0 Å². The molecule has 0 spiro atoms. The second-order valence-electron chi connectivity index (χ2n) is 12.3. The molecule has 1 N–H and O–H groups in total. The average Bonchev–Trinajstić information content (AvgIpc) is 3.33. The van der Waals surface area contributed by atoms with Gasteiger partial charge in [0, 0.05) is 24.5 Å². The molecule has 0 aliphatic heterocycles. The van der Waals surface area contributed by atoms with Gasteiger partial charge in [-0.05, 0) is 77.4 Å². The van der Waals surface area contributed by atoms with Gasteiger partial charge >= 0.3 is 39.4 Å². The number of hydrogen-bond donors (Lipinski definition) is 1. The minimum Gasteiger partial charge on any atom is -0.473 e. The van der Waals surface area contributed by atoms with Gasteiger partial charge in [-0.25, -0.2) is 24.4 Å². The van der Waals surface area contributed by atoms with E-state index in [1.165, 1.54) is 21.3 Å². The molecule has 0 aliphatic carbocycles. The number of aromatic nitrogens is 3. The van der Waals surface area contributed by atoms with Gasteiger partial charge in [-0.15, -0.1) is 0 Å². The number of benzene rings is 3. The second kappa shape index (κ2) is 28.7. The molecule has 0 amide bonds. The van der Waals surface area contributed by atoms with E-state index in [4.69, 9.17) is 26.2 Å². The van der Waals surface area contributed by atoms with Crippen molar-refractivity contribution in [2.75, 3.05) is 28.4 Å². The highest BCUT2D eigenvalue weighted by Crippen LogP contribution is 2.23. The highest BCUT2D eigenvalue weighted by Gasteiger charge is 2.46.